The Hall–Kier alpha value is -2.45. The molecule has 0 radical (unpaired) electrons. The number of anilines is 1. The summed E-state index contributed by atoms with van der Waals surface area (Å²) in [6.07, 6.45) is 6.76. The average Bonchev–Trinajstić information content (AvgIpc) is 3.15. The molecule has 0 spiro atoms. The Morgan fingerprint density at radius 1 is 1.11 bits per heavy atom. The van der Waals surface area contributed by atoms with Gasteiger partial charge in [0, 0.05) is 32.8 Å². The van der Waals surface area contributed by atoms with Crippen molar-refractivity contribution < 1.29 is 19.1 Å². The maximum atomic E-state index is 13.5. The zero-order valence-electron chi connectivity index (χ0n) is 22.1. The van der Waals surface area contributed by atoms with Gasteiger partial charge >= 0.3 is 6.03 Å². The van der Waals surface area contributed by atoms with Gasteiger partial charge in [0.25, 0.3) is 5.91 Å². The molecular weight excluding hydrogens is 456 g/mol. The van der Waals surface area contributed by atoms with Crippen LogP contribution in [0.4, 0.5) is 10.5 Å². The van der Waals surface area contributed by atoms with Crippen molar-refractivity contribution in [3.63, 3.8) is 0 Å². The molecule has 1 N–H and O–H groups in total. The highest BCUT2D eigenvalue weighted by atomic mass is 16.5. The van der Waals surface area contributed by atoms with Gasteiger partial charge in [0.05, 0.1) is 12.1 Å². The lowest BCUT2D eigenvalue weighted by molar-refractivity contribution is -0.135. The SMILES string of the molecule is COCCCN(C[C@@H]1CCCN2CCCC[C@@H]12)C(=O)C[C@H]1NC(=O)N(c2ccc(C(C)C)cc2)C1=O. The van der Waals surface area contributed by atoms with E-state index in [0.29, 0.717) is 43.3 Å². The minimum Gasteiger partial charge on any atom is -0.385 e. The van der Waals surface area contributed by atoms with E-state index in [1.54, 1.807) is 19.2 Å². The lowest BCUT2D eigenvalue weighted by Crippen LogP contribution is -2.52. The number of fused-ring (bicyclic) bond motifs is 1. The second-order valence-electron chi connectivity index (χ2n) is 10.8. The fraction of sp³-hybridized carbons (Fsp3) is 0.679. The van der Waals surface area contributed by atoms with Crippen molar-refractivity contribution in [3.8, 4) is 0 Å². The quantitative estimate of drug-likeness (QED) is 0.392. The van der Waals surface area contributed by atoms with E-state index >= 15 is 0 Å². The molecule has 198 valence electrons. The first-order valence-electron chi connectivity index (χ1n) is 13.6. The van der Waals surface area contributed by atoms with E-state index in [-0.39, 0.29) is 18.2 Å². The van der Waals surface area contributed by atoms with Crippen molar-refractivity contribution in [2.45, 2.75) is 76.8 Å². The summed E-state index contributed by atoms with van der Waals surface area (Å²) >= 11 is 0. The molecule has 3 saturated heterocycles. The normalized spacial score (nSPS) is 24.7. The number of hydrogen-bond donors (Lipinski definition) is 1. The molecule has 8 heteroatoms. The van der Waals surface area contributed by atoms with Crippen molar-refractivity contribution >= 4 is 23.5 Å². The standard InChI is InChI=1S/C28H42N4O4/c1-20(2)21-10-12-23(13-11-21)32-27(34)24(29-28(32)35)18-26(33)31(16-7-17-36-3)19-22-8-6-15-30-14-5-4-9-25(22)30/h10-13,20,22,24-25H,4-9,14-19H2,1-3H3,(H,29,35)/t22-,24+,25-/m0/s1. The summed E-state index contributed by atoms with van der Waals surface area (Å²) < 4.78 is 5.23. The van der Waals surface area contributed by atoms with Crippen LogP contribution < -0.4 is 10.2 Å². The average molecular weight is 499 g/mol. The molecule has 3 heterocycles. The first-order valence-corrected chi connectivity index (χ1v) is 13.6. The maximum absolute atomic E-state index is 13.5. The van der Waals surface area contributed by atoms with Gasteiger partial charge in [0.1, 0.15) is 6.04 Å². The van der Waals surface area contributed by atoms with Gasteiger partial charge in [-0.05, 0) is 74.7 Å². The van der Waals surface area contributed by atoms with Gasteiger partial charge in [-0.25, -0.2) is 9.69 Å². The molecule has 0 bridgehead atoms. The topological polar surface area (TPSA) is 82.2 Å². The second-order valence-corrected chi connectivity index (χ2v) is 10.8. The van der Waals surface area contributed by atoms with E-state index in [1.165, 1.54) is 30.6 Å². The van der Waals surface area contributed by atoms with Crippen molar-refractivity contribution in [1.29, 1.82) is 0 Å². The number of benzene rings is 1. The van der Waals surface area contributed by atoms with Crippen LogP contribution in [-0.2, 0) is 14.3 Å². The molecule has 1 aromatic carbocycles. The number of urea groups is 1. The van der Waals surface area contributed by atoms with Gasteiger partial charge in [0.15, 0.2) is 0 Å². The Morgan fingerprint density at radius 2 is 1.86 bits per heavy atom. The largest absolute Gasteiger partial charge is 0.385 e. The summed E-state index contributed by atoms with van der Waals surface area (Å²) in [5.74, 6) is 0.380. The molecule has 1 aromatic rings. The highest BCUT2D eigenvalue weighted by molar-refractivity contribution is 6.22. The van der Waals surface area contributed by atoms with E-state index in [0.717, 1.165) is 31.5 Å². The van der Waals surface area contributed by atoms with Crippen LogP contribution in [0.25, 0.3) is 0 Å². The van der Waals surface area contributed by atoms with Crippen LogP contribution in [0.3, 0.4) is 0 Å². The summed E-state index contributed by atoms with van der Waals surface area (Å²) in [6, 6.07) is 6.72. The Labute approximate surface area is 215 Å². The summed E-state index contributed by atoms with van der Waals surface area (Å²) in [5.41, 5.74) is 1.68. The first kappa shape index (κ1) is 26.6. The summed E-state index contributed by atoms with van der Waals surface area (Å²) in [6.45, 7) is 8.42. The van der Waals surface area contributed by atoms with E-state index < -0.39 is 12.1 Å². The minimum absolute atomic E-state index is 0.0146. The van der Waals surface area contributed by atoms with Gasteiger partial charge < -0.3 is 19.9 Å². The van der Waals surface area contributed by atoms with E-state index in [1.807, 2.05) is 17.0 Å². The number of imide groups is 1. The number of piperidine rings is 2. The third-order valence-corrected chi connectivity index (χ3v) is 8.03. The number of nitrogens with one attached hydrogen (secondary N) is 1. The van der Waals surface area contributed by atoms with Crippen molar-refractivity contribution in [2.24, 2.45) is 5.92 Å². The molecule has 4 rings (SSSR count). The molecule has 3 aliphatic rings. The zero-order chi connectivity index (χ0) is 25.7. The van der Waals surface area contributed by atoms with Gasteiger partial charge in [0.2, 0.25) is 5.91 Å². The predicted molar refractivity (Wildman–Crippen MR) is 140 cm³/mol. The Balaban J connectivity index is 1.42. The number of hydrogen-bond acceptors (Lipinski definition) is 5. The zero-order valence-corrected chi connectivity index (χ0v) is 22.1. The molecule has 0 aliphatic carbocycles. The molecule has 8 nitrogen and oxygen atoms in total. The molecule has 3 aliphatic heterocycles. The lowest BCUT2D eigenvalue weighted by Gasteiger charge is -2.45. The molecule has 0 aromatic heterocycles. The third-order valence-electron chi connectivity index (χ3n) is 8.03. The molecule has 4 amide bonds. The molecule has 3 atom stereocenters. The van der Waals surface area contributed by atoms with Crippen LogP contribution in [0.1, 0.15) is 70.3 Å². The molecule has 0 saturated carbocycles. The number of nitrogens with zero attached hydrogens (tertiary/aromatic N) is 3. The van der Waals surface area contributed by atoms with Crippen LogP contribution in [0.5, 0.6) is 0 Å². The Bertz CT molecular complexity index is 917. The minimum atomic E-state index is -0.836. The highest BCUT2D eigenvalue weighted by Gasteiger charge is 2.41. The van der Waals surface area contributed by atoms with Crippen LogP contribution >= 0.6 is 0 Å². The van der Waals surface area contributed by atoms with E-state index in [9.17, 15) is 14.4 Å². The number of rotatable bonds is 10. The number of carbonyl (C=O) groups is 3. The smallest absolute Gasteiger partial charge is 0.329 e. The lowest BCUT2D eigenvalue weighted by atomic mass is 9.83. The monoisotopic (exact) mass is 498 g/mol. The van der Waals surface area contributed by atoms with Gasteiger partial charge in [-0.1, -0.05) is 32.4 Å². The van der Waals surface area contributed by atoms with Gasteiger partial charge in [-0.15, -0.1) is 0 Å². The number of methoxy groups -OCH3 is 1. The van der Waals surface area contributed by atoms with Crippen molar-refractivity contribution in [2.75, 3.05) is 44.8 Å². The predicted octanol–water partition coefficient (Wildman–Crippen LogP) is 3.75. The van der Waals surface area contributed by atoms with Gasteiger partial charge in [-0.3, -0.25) is 9.59 Å². The highest BCUT2D eigenvalue weighted by Crippen LogP contribution is 2.32. The van der Waals surface area contributed by atoms with Crippen LogP contribution in [0.2, 0.25) is 0 Å². The Kier molecular flexibility index (Phi) is 9.01. The summed E-state index contributed by atoms with van der Waals surface area (Å²) in [5, 5.41) is 2.75. The molecular formula is C28H42N4O4. The molecule has 36 heavy (non-hydrogen) atoms. The second kappa shape index (κ2) is 12.2. The van der Waals surface area contributed by atoms with E-state index in [4.69, 9.17) is 4.74 Å². The molecule has 0 unspecified atom stereocenters. The summed E-state index contributed by atoms with van der Waals surface area (Å²) in [7, 11) is 1.67. The van der Waals surface area contributed by atoms with Crippen LogP contribution in [0.15, 0.2) is 24.3 Å². The number of carbonyl (C=O) groups excluding carboxylic acids is 3. The fourth-order valence-corrected chi connectivity index (χ4v) is 6.02. The third kappa shape index (κ3) is 6.09. The van der Waals surface area contributed by atoms with Crippen LogP contribution in [-0.4, -0.2) is 79.6 Å². The fourth-order valence-electron chi connectivity index (χ4n) is 6.02. The Morgan fingerprint density at radius 3 is 2.58 bits per heavy atom. The van der Waals surface area contributed by atoms with Crippen LogP contribution in [0, 0.1) is 5.92 Å². The van der Waals surface area contributed by atoms with Crippen molar-refractivity contribution in [1.82, 2.24) is 15.1 Å². The molecule has 3 fully saturated rings. The summed E-state index contributed by atoms with van der Waals surface area (Å²) in [4.78, 5) is 45.1. The van der Waals surface area contributed by atoms with E-state index in [2.05, 4.69) is 24.1 Å². The number of amides is 4. The number of ether oxygens (including phenoxy) is 1. The first-order chi connectivity index (χ1) is 17.4. The maximum Gasteiger partial charge on any atom is 0.329 e. The van der Waals surface area contributed by atoms with Gasteiger partial charge in [-0.2, -0.15) is 0 Å². The van der Waals surface area contributed by atoms with Crippen molar-refractivity contribution in [3.05, 3.63) is 29.8 Å².